The number of piperazine rings is 1. The Balaban J connectivity index is 1.87. The topological polar surface area (TPSA) is 79.0 Å². The van der Waals surface area contributed by atoms with Crippen LogP contribution in [0.25, 0.3) is 0 Å². The number of anilines is 1. The molecule has 0 aliphatic carbocycles. The first kappa shape index (κ1) is 17.7. The van der Waals surface area contributed by atoms with Gasteiger partial charge in [-0.15, -0.1) is 0 Å². The lowest BCUT2D eigenvalue weighted by Gasteiger charge is -2.33. The zero-order valence-electron chi connectivity index (χ0n) is 13.8. The SMILES string of the molecule is CCCOc1ccc(C(=O)CN2CCN(CCO)CC2)cc1N. The van der Waals surface area contributed by atoms with E-state index in [1.165, 1.54) is 0 Å². The van der Waals surface area contributed by atoms with Gasteiger partial charge in [-0.2, -0.15) is 0 Å². The molecule has 1 saturated heterocycles. The van der Waals surface area contributed by atoms with E-state index in [2.05, 4.69) is 9.80 Å². The predicted molar refractivity (Wildman–Crippen MR) is 90.9 cm³/mol. The molecule has 23 heavy (non-hydrogen) atoms. The Morgan fingerprint density at radius 3 is 2.57 bits per heavy atom. The van der Waals surface area contributed by atoms with Crippen molar-refractivity contribution in [2.24, 2.45) is 0 Å². The number of aliphatic hydroxyl groups excluding tert-OH is 1. The predicted octanol–water partition coefficient (Wildman–Crippen LogP) is 0.850. The number of carbonyl (C=O) groups is 1. The molecule has 0 unspecified atom stereocenters. The van der Waals surface area contributed by atoms with Crippen LogP contribution in [0.5, 0.6) is 5.75 Å². The van der Waals surface area contributed by atoms with Gasteiger partial charge in [0.15, 0.2) is 5.78 Å². The van der Waals surface area contributed by atoms with Gasteiger partial charge >= 0.3 is 0 Å². The number of nitrogens with two attached hydrogens (primary N) is 1. The molecule has 1 aliphatic heterocycles. The van der Waals surface area contributed by atoms with E-state index < -0.39 is 0 Å². The van der Waals surface area contributed by atoms with Crippen molar-refractivity contribution in [2.45, 2.75) is 13.3 Å². The summed E-state index contributed by atoms with van der Waals surface area (Å²) in [4.78, 5) is 16.8. The van der Waals surface area contributed by atoms with Gasteiger partial charge in [-0.05, 0) is 24.6 Å². The third kappa shape index (κ3) is 5.20. The van der Waals surface area contributed by atoms with Crippen molar-refractivity contribution in [3.05, 3.63) is 23.8 Å². The Bertz CT molecular complexity index is 514. The number of β-amino-alcohol motifs (C(OH)–C–C–N with tert-alkyl or cyclic N) is 1. The van der Waals surface area contributed by atoms with E-state index in [0.717, 1.165) is 32.6 Å². The molecule has 6 heteroatoms. The van der Waals surface area contributed by atoms with Crippen LogP contribution in [0.1, 0.15) is 23.7 Å². The number of hydrogen-bond donors (Lipinski definition) is 2. The largest absolute Gasteiger partial charge is 0.491 e. The van der Waals surface area contributed by atoms with Crippen LogP contribution in [-0.4, -0.2) is 73.2 Å². The van der Waals surface area contributed by atoms with Gasteiger partial charge in [0, 0.05) is 38.3 Å². The lowest BCUT2D eigenvalue weighted by molar-refractivity contribution is 0.0822. The van der Waals surface area contributed by atoms with E-state index in [-0.39, 0.29) is 12.4 Å². The van der Waals surface area contributed by atoms with Crippen LogP contribution in [0.3, 0.4) is 0 Å². The maximum absolute atomic E-state index is 12.4. The smallest absolute Gasteiger partial charge is 0.176 e. The molecule has 1 aromatic carbocycles. The Morgan fingerprint density at radius 1 is 1.26 bits per heavy atom. The van der Waals surface area contributed by atoms with Gasteiger partial charge in [0.05, 0.1) is 25.4 Å². The number of nitrogen functional groups attached to an aromatic ring is 1. The molecule has 2 rings (SSSR count). The lowest BCUT2D eigenvalue weighted by Crippen LogP contribution is -2.48. The van der Waals surface area contributed by atoms with Gasteiger partial charge in [0.2, 0.25) is 0 Å². The van der Waals surface area contributed by atoms with Gasteiger partial charge in [0.1, 0.15) is 5.75 Å². The number of aliphatic hydroxyl groups is 1. The number of benzene rings is 1. The minimum Gasteiger partial charge on any atom is -0.491 e. The van der Waals surface area contributed by atoms with E-state index in [4.69, 9.17) is 15.6 Å². The highest BCUT2D eigenvalue weighted by atomic mass is 16.5. The normalized spacial score (nSPS) is 16.4. The zero-order chi connectivity index (χ0) is 16.7. The molecular weight excluding hydrogens is 294 g/mol. The highest BCUT2D eigenvalue weighted by Crippen LogP contribution is 2.23. The van der Waals surface area contributed by atoms with Crippen LogP contribution in [0.15, 0.2) is 18.2 Å². The Hall–Kier alpha value is -1.63. The maximum Gasteiger partial charge on any atom is 0.176 e. The van der Waals surface area contributed by atoms with Crippen LogP contribution in [0.2, 0.25) is 0 Å². The molecular formula is C17H27N3O3. The summed E-state index contributed by atoms with van der Waals surface area (Å²) in [7, 11) is 0. The third-order valence-corrected chi connectivity index (χ3v) is 4.04. The van der Waals surface area contributed by atoms with Gasteiger partial charge in [-0.1, -0.05) is 6.92 Å². The van der Waals surface area contributed by atoms with Crippen molar-refractivity contribution in [2.75, 3.05) is 58.2 Å². The fourth-order valence-electron chi connectivity index (χ4n) is 2.67. The van der Waals surface area contributed by atoms with E-state index in [0.29, 0.717) is 36.7 Å². The van der Waals surface area contributed by atoms with Crippen LogP contribution < -0.4 is 10.5 Å². The van der Waals surface area contributed by atoms with Crippen LogP contribution in [0.4, 0.5) is 5.69 Å². The molecule has 1 aliphatic rings. The summed E-state index contributed by atoms with van der Waals surface area (Å²) >= 11 is 0. The number of carbonyl (C=O) groups excluding carboxylic acids is 1. The minimum absolute atomic E-state index is 0.0781. The minimum atomic E-state index is 0.0781. The molecule has 1 heterocycles. The summed E-state index contributed by atoms with van der Waals surface area (Å²) in [5.74, 6) is 0.718. The summed E-state index contributed by atoms with van der Waals surface area (Å²) in [5, 5.41) is 8.95. The molecule has 0 amide bonds. The summed E-state index contributed by atoms with van der Waals surface area (Å²) < 4.78 is 5.53. The van der Waals surface area contributed by atoms with Crippen molar-refractivity contribution in [1.29, 1.82) is 0 Å². The average Bonchev–Trinajstić information content (AvgIpc) is 2.55. The first-order valence-electron chi connectivity index (χ1n) is 8.25. The molecule has 6 nitrogen and oxygen atoms in total. The fourth-order valence-corrected chi connectivity index (χ4v) is 2.67. The van der Waals surface area contributed by atoms with Crippen molar-refractivity contribution in [3.63, 3.8) is 0 Å². The molecule has 0 radical (unpaired) electrons. The summed E-state index contributed by atoms with van der Waals surface area (Å²) in [6.45, 7) is 7.42. The monoisotopic (exact) mass is 321 g/mol. The lowest BCUT2D eigenvalue weighted by atomic mass is 10.1. The second-order valence-corrected chi connectivity index (χ2v) is 5.87. The number of Topliss-reactive ketones (excluding diaryl/α,β-unsaturated/α-hetero) is 1. The standard InChI is InChI=1S/C17H27N3O3/c1-2-11-23-17-4-3-14(12-15(17)18)16(22)13-20-7-5-19(6-8-20)9-10-21/h3-4,12,21H,2,5-11,13,18H2,1H3. The number of ether oxygens (including phenoxy) is 1. The van der Waals surface area contributed by atoms with E-state index in [9.17, 15) is 4.79 Å². The van der Waals surface area contributed by atoms with Crippen molar-refractivity contribution in [3.8, 4) is 5.75 Å². The summed E-state index contributed by atoms with van der Waals surface area (Å²) in [6.07, 6.45) is 0.919. The van der Waals surface area contributed by atoms with Crippen molar-refractivity contribution in [1.82, 2.24) is 9.80 Å². The second-order valence-electron chi connectivity index (χ2n) is 5.87. The quantitative estimate of drug-likeness (QED) is 0.546. The van der Waals surface area contributed by atoms with Gasteiger partial charge < -0.3 is 15.6 Å². The second kappa shape index (κ2) is 8.86. The summed E-state index contributed by atoms with van der Waals surface area (Å²) in [5.41, 5.74) is 7.10. The van der Waals surface area contributed by atoms with E-state index >= 15 is 0 Å². The van der Waals surface area contributed by atoms with Crippen LogP contribution >= 0.6 is 0 Å². The highest BCUT2D eigenvalue weighted by molar-refractivity contribution is 5.98. The van der Waals surface area contributed by atoms with Gasteiger partial charge in [-0.25, -0.2) is 0 Å². The summed E-state index contributed by atoms with van der Waals surface area (Å²) in [6, 6.07) is 5.26. The molecule has 0 aromatic heterocycles. The van der Waals surface area contributed by atoms with Crippen molar-refractivity contribution < 1.29 is 14.6 Å². The number of hydrogen-bond acceptors (Lipinski definition) is 6. The molecule has 1 fully saturated rings. The number of nitrogens with zero attached hydrogens (tertiary/aromatic N) is 2. The van der Waals surface area contributed by atoms with Crippen LogP contribution in [-0.2, 0) is 0 Å². The first-order valence-corrected chi connectivity index (χ1v) is 8.25. The molecule has 0 saturated carbocycles. The number of rotatable bonds is 8. The third-order valence-electron chi connectivity index (χ3n) is 4.04. The van der Waals surface area contributed by atoms with Gasteiger partial charge in [0.25, 0.3) is 0 Å². The maximum atomic E-state index is 12.4. The highest BCUT2D eigenvalue weighted by Gasteiger charge is 2.19. The van der Waals surface area contributed by atoms with E-state index in [1.54, 1.807) is 18.2 Å². The molecule has 0 bridgehead atoms. The van der Waals surface area contributed by atoms with Crippen LogP contribution in [0, 0.1) is 0 Å². The van der Waals surface area contributed by atoms with Gasteiger partial charge in [-0.3, -0.25) is 14.6 Å². The molecule has 0 spiro atoms. The molecule has 1 aromatic rings. The first-order chi connectivity index (χ1) is 11.1. The Labute approximate surface area is 137 Å². The molecule has 0 atom stereocenters. The Kier molecular flexibility index (Phi) is 6.83. The zero-order valence-corrected chi connectivity index (χ0v) is 13.8. The van der Waals surface area contributed by atoms with Crippen molar-refractivity contribution >= 4 is 11.5 Å². The molecule has 3 N–H and O–H groups in total. The number of ketones is 1. The fraction of sp³-hybridized carbons (Fsp3) is 0.588. The Morgan fingerprint density at radius 2 is 1.96 bits per heavy atom. The van der Waals surface area contributed by atoms with E-state index in [1.807, 2.05) is 6.92 Å². The molecule has 128 valence electrons. The average molecular weight is 321 g/mol.